The SMILES string of the molecule is C=CCC(S/C=C/C=C/c1ccccc1)C(C)\C=C/C(=C\C)C(/c1ccccc1Cc1ccc(/C(S)=C/C=C/C2SC2CCc2ccccc2)cc1)=c1\ccc(-c2ccc3c(c2)C2(C4=C(C=CCC4)c4ccccc42)c2ccccc2C32C3=CC=CCC3c3ccccc32)cc1=C. The van der Waals surface area contributed by atoms with Crippen molar-refractivity contribution in [2.75, 3.05) is 0 Å². The number of hydrogen-bond acceptors (Lipinski definition) is 3. The molecule has 1 aliphatic heterocycles. The second-order valence-corrected chi connectivity index (χ2v) is 29.8. The molecule has 1 saturated heterocycles. The van der Waals surface area contributed by atoms with Crippen LogP contribution in [0, 0.1) is 5.92 Å². The fourth-order valence-corrected chi connectivity index (χ4v) is 18.8. The summed E-state index contributed by atoms with van der Waals surface area (Å²) in [6, 6.07) is 82.3. The quantitative estimate of drug-likeness (QED) is 0.0350. The maximum atomic E-state index is 5.04. The van der Waals surface area contributed by atoms with Crippen LogP contribution in [0.15, 0.2) is 332 Å². The standard InChI is InChI=1S/C94H82S3/c1-5-28-89(96-60-26-25-33-66-29-9-7-10-30-66)64(3)48-52-69(6-2)92(75-35-14-13-34-73(75)62-68-49-53-70(54-50-68)88(95)46-27-47-90-91(97-90)59-51-67-31-11-8-12-32-67)74-57-55-71(61-65(74)4)72-56-58-86-87(63-72)94(82-42-21-17-38-78(82)79-39-18-22-43-83(79)94)85-45-24-23-44-84(85)93(86)80-40-19-15-36-76(80)77-37-16-20-41-81(77)93/h5-21,23-27,29-36,38-42,44-50,52-58,60-61,63-64,77,89-91,95H,1,4,22,28,37,43,51,59,62H2,2-3H3/b33-25+,47-27+,52-48-,60-26+,69-6+,88-46-,92-74-. The zero-order valence-electron chi connectivity index (χ0n) is 55.5. The third-order valence-electron chi connectivity index (χ3n) is 21.2. The van der Waals surface area contributed by atoms with Gasteiger partial charge in [-0.2, -0.15) is 0 Å². The Morgan fingerprint density at radius 1 is 0.691 bits per heavy atom. The van der Waals surface area contributed by atoms with Gasteiger partial charge in [0.15, 0.2) is 0 Å². The smallest absolute Gasteiger partial charge is 0.0683 e. The molecule has 0 saturated carbocycles. The molecule has 1 fully saturated rings. The van der Waals surface area contributed by atoms with Crippen LogP contribution in [0.5, 0.6) is 0 Å². The predicted octanol–water partition coefficient (Wildman–Crippen LogP) is 22.6. The lowest BCUT2D eigenvalue weighted by molar-refractivity contribution is 0.589. The minimum atomic E-state index is -0.491. The van der Waals surface area contributed by atoms with Crippen LogP contribution in [0.2, 0.25) is 0 Å². The molecule has 0 bridgehead atoms. The Morgan fingerprint density at radius 2 is 1.40 bits per heavy atom. The molecule has 7 atom stereocenters. The summed E-state index contributed by atoms with van der Waals surface area (Å²) in [6.45, 7) is 13.8. The highest BCUT2D eigenvalue weighted by Gasteiger charge is 2.61. The Kier molecular flexibility index (Phi) is 18.6. The normalized spacial score (nSPS) is 21.4. The molecule has 0 aromatic heterocycles. The Labute approximate surface area is 589 Å². The third kappa shape index (κ3) is 12.1. The van der Waals surface area contributed by atoms with E-state index in [9.17, 15) is 0 Å². The predicted molar refractivity (Wildman–Crippen MR) is 423 cm³/mol. The maximum absolute atomic E-state index is 5.04. The summed E-state index contributed by atoms with van der Waals surface area (Å²) in [5, 5.41) is 5.90. The Balaban J connectivity index is 0.818. The van der Waals surface area contributed by atoms with E-state index in [1.165, 1.54) is 107 Å². The molecule has 0 radical (unpaired) electrons. The molecule has 1 heterocycles. The first-order chi connectivity index (χ1) is 47.8. The van der Waals surface area contributed by atoms with E-state index in [2.05, 4.69) is 347 Å². The fourth-order valence-electron chi connectivity index (χ4n) is 16.6. The summed E-state index contributed by atoms with van der Waals surface area (Å²) in [4.78, 5) is 0.966. The molecule has 3 heteroatoms. The van der Waals surface area contributed by atoms with Crippen molar-refractivity contribution in [1.29, 1.82) is 0 Å². The van der Waals surface area contributed by atoms with Gasteiger partial charge < -0.3 is 0 Å². The van der Waals surface area contributed by atoms with Gasteiger partial charge in [0, 0.05) is 26.6 Å². The molecular weight excluding hydrogens is 1230 g/mol. The third-order valence-corrected chi connectivity index (χ3v) is 24.3. The highest BCUT2D eigenvalue weighted by atomic mass is 32.2. The molecule has 97 heavy (non-hydrogen) atoms. The van der Waals surface area contributed by atoms with Crippen molar-refractivity contribution >= 4 is 64.9 Å². The van der Waals surface area contributed by atoms with Crippen LogP contribution in [0.3, 0.4) is 0 Å². The molecule has 5 aliphatic carbocycles. The summed E-state index contributed by atoms with van der Waals surface area (Å²) < 4.78 is 0. The van der Waals surface area contributed by atoms with Crippen molar-refractivity contribution < 1.29 is 0 Å². The molecule has 0 amide bonds. The van der Waals surface area contributed by atoms with Crippen molar-refractivity contribution in [3.63, 3.8) is 0 Å². The Hall–Kier alpha value is -9.09. The van der Waals surface area contributed by atoms with E-state index >= 15 is 0 Å². The molecule has 0 N–H and O–H groups in total. The van der Waals surface area contributed by atoms with Gasteiger partial charge in [-0.25, -0.2) is 0 Å². The summed E-state index contributed by atoms with van der Waals surface area (Å²) in [6.07, 6.45) is 41.3. The minimum absolute atomic E-state index is 0.240. The number of allylic oxidation sites excluding steroid dienone is 17. The van der Waals surface area contributed by atoms with Crippen molar-refractivity contribution in [2.24, 2.45) is 5.92 Å². The van der Waals surface area contributed by atoms with Crippen LogP contribution in [0.4, 0.5) is 0 Å². The molecule has 6 aliphatic rings. The zero-order chi connectivity index (χ0) is 65.9. The number of rotatable bonds is 20. The first-order valence-corrected chi connectivity index (χ1v) is 37.1. The van der Waals surface area contributed by atoms with E-state index in [1.807, 2.05) is 11.8 Å². The average molecular weight is 1310 g/mol. The summed E-state index contributed by atoms with van der Waals surface area (Å²) in [5.41, 5.74) is 26.8. The Bertz CT molecular complexity index is 4940. The minimum Gasteiger partial charge on any atom is -0.148 e. The molecule has 15 rings (SSSR count). The molecule has 7 unspecified atom stereocenters. The number of aryl methyl sites for hydroxylation is 1. The molecule has 476 valence electrons. The number of benzene rings is 9. The average Bonchev–Trinajstić information content (AvgIpc) is 1.53. The topological polar surface area (TPSA) is 0 Å². The maximum Gasteiger partial charge on any atom is 0.0683 e. The van der Waals surface area contributed by atoms with Gasteiger partial charge in [0.2, 0.25) is 0 Å². The van der Waals surface area contributed by atoms with Gasteiger partial charge in [0.25, 0.3) is 0 Å². The summed E-state index contributed by atoms with van der Waals surface area (Å²) in [5.74, 6) is 0.542. The van der Waals surface area contributed by atoms with Crippen LogP contribution in [0.1, 0.15) is 130 Å². The lowest BCUT2D eigenvalue weighted by Crippen LogP contribution is -2.44. The number of hydrogen-bond donors (Lipinski definition) is 1. The summed E-state index contributed by atoms with van der Waals surface area (Å²) >= 11 is 8.96. The van der Waals surface area contributed by atoms with Crippen molar-refractivity contribution in [3.8, 4) is 11.1 Å². The van der Waals surface area contributed by atoms with Gasteiger partial charge in [0.1, 0.15) is 0 Å². The van der Waals surface area contributed by atoms with E-state index < -0.39 is 10.8 Å². The second-order valence-electron chi connectivity index (χ2n) is 26.7. The molecular formula is C94H82S3. The first kappa shape index (κ1) is 63.9. The van der Waals surface area contributed by atoms with Crippen LogP contribution < -0.4 is 10.4 Å². The van der Waals surface area contributed by atoms with Gasteiger partial charge in [-0.05, 0) is 209 Å². The van der Waals surface area contributed by atoms with E-state index in [-0.39, 0.29) is 5.92 Å². The monoisotopic (exact) mass is 1310 g/mol. The number of thioether (sulfide) groups is 2. The zero-order valence-corrected chi connectivity index (χ0v) is 58.1. The van der Waals surface area contributed by atoms with E-state index in [4.69, 9.17) is 19.2 Å². The summed E-state index contributed by atoms with van der Waals surface area (Å²) in [7, 11) is 0. The van der Waals surface area contributed by atoms with Crippen molar-refractivity contribution in [1.82, 2.24) is 0 Å². The number of fused-ring (bicyclic) bond motifs is 15. The first-order valence-electron chi connectivity index (χ1n) is 34.8. The lowest BCUT2D eigenvalue weighted by Gasteiger charge is -2.50. The van der Waals surface area contributed by atoms with E-state index in [1.54, 1.807) is 0 Å². The van der Waals surface area contributed by atoms with E-state index in [0.717, 1.165) is 70.6 Å². The fraction of sp³-hybridized carbons (Fsp3) is 0.170. The van der Waals surface area contributed by atoms with E-state index in [0.29, 0.717) is 21.7 Å². The van der Waals surface area contributed by atoms with Crippen LogP contribution in [0.25, 0.3) is 39.8 Å². The van der Waals surface area contributed by atoms with Crippen molar-refractivity contribution in [2.45, 2.75) is 91.3 Å². The highest BCUT2D eigenvalue weighted by molar-refractivity contribution is 8.07. The van der Waals surface area contributed by atoms with Gasteiger partial charge in [0.05, 0.1) is 10.8 Å². The van der Waals surface area contributed by atoms with Gasteiger partial charge in [-0.1, -0.05) is 305 Å². The van der Waals surface area contributed by atoms with Gasteiger partial charge in [-0.15, -0.1) is 42.7 Å². The molecule has 9 aromatic rings. The molecule has 0 nitrogen and oxygen atoms in total. The second kappa shape index (κ2) is 28.2. The number of thiol groups is 1. The van der Waals surface area contributed by atoms with Crippen LogP contribution in [-0.2, 0) is 23.7 Å². The lowest BCUT2D eigenvalue weighted by atomic mass is 9.51. The van der Waals surface area contributed by atoms with Crippen LogP contribution in [-0.4, -0.2) is 15.7 Å². The molecule has 9 aromatic carbocycles. The van der Waals surface area contributed by atoms with Crippen LogP contribution >= 0.6 is 36.2 Å². The van der Waals surface area contributed by atoms with Gasteiger partial charge >= 0.3 is 0 Å². The highest BCUT2D eigenvalue weighted by Crippen LogP contribution is 2.69. The van der Waals surface area contributed by atoms with Crippen molar-refractivity contribution in [3.05, 3.63) is 420 Å². The van der Waals surface area contributed by atoms with Gasteiger partial charge in [-0.3, -0.25) is 0 Å². The molecule has 2 spiro atoms. The largest absolute Gasteiger partial charge is 0.148 e. The Morgan fingerprint density at radius 3 is 2.21 bits per heavy atom.